The molecule has 1 N–H and O–H groups in total. The summed E-state index contributed by atoms with van der Waals surface area (Å²) in [6, 6.07) is 8.14. The monoisotopic (exact) mass is 449 g/mol. The highest BCUT2D eigenvalue weighted by molar-refractivity contribution is 7.99. The lowest BCUT2D eigenvalue weighted by Crippen LogP contribution is -2.16. The summed E-state index contributed by atoms with van der Waals surface area (Å²) in [7, 11) is 0. The van der Waals surface area contributed by atoms with Crippen LogP contribution in [0.2, 0.25) is 10.0 Å². The third-order valence-electron chi connectivity index (χ3n) is 4.23. The van der Waals surface area contributed by atoms with Crippen LogP contribution in [0.15, 0.2) is 35.6 Å². The number of hydrogen-bond acceptors (Lipinski definition) is 5. The van der Waals surface area contributed by atoms with Crippen molar-refractivity contribution in [2.24, 2.45) is 0 Å². The molecular weight excluding hydrogens is 429 g/mol. The van der Waals surface area contributed by atoms with Crippen LogP contribution in [0, 0.1) is 13.8 Å². The van der Waals surface area contributed by atoms with E-state index < -0.39 is 0 Å². The Morgan fingerprint density at radius 1 is 1.24 bits per heavy atom. The minimum Gasteiger partial charge on any atom is -0.309 e. The van der Waals surface area contributed by atoms with E-state index in [0.717, 1.165) is 29.9 Å². The standard InChI is InChI=1S/C20H21Cl2N5OS/c1-4-8-27-19(14-7-5-6-12(2)9-14)25-26-20(27)29-11-16(28)24-18-17(22)13(3)15(21)10-23-18/h5-7,9-10H,4,8,11H2,1-3H3,(H,23,24,28). The number of carbonyl (C=O) groups excluding carboxylic acids is 1. The lowest BCUT2D eigenvalue weighted by Gasteiger charge is -2.10. The van der Waals surface area contributed by atoms with E-state index in [1.54, 1.807) is 6.92 Å². The summed E-state index contributed by atoms with van der Waals surface area (Å²) in [5.74, 6) is 1.04. The van der Waals surface area contributed by atoms with E-state index in [2.05, 4.69) is 33.5 Å². The maximum absolute atomic E-state index is 12.4. The van der Waals surface area contributed by atoms with Gasteiger partial charge in [0, 0.05) is 18.3 Å². The first-order valence-corrected chi connectivity index (χ1v) is 10.9. The van der Waals surface area contributed by atoms with Crippen LogP contribution in [-0.2, 0) is 11.3 Å². The molecule has 6 nitrogen and oxygen atoms in total. The second-order valence-corrected chi connectivity index (χ2v) is 8.29. The van der Waals surface area contributed by atoms with Crippen LogP contribution in [0.3, 0.4) is 0 Å². The van der Waals surface area contributed by atoms with Crippen molar-refractivity contribution in [1.29, 1.82) is 0 Å². The number of anilines is 1. The molecule has 0 bridgehead atoms. The van der Waals surface area contributed by atoms with Crippen molar-refractivity contribution in [1.82, 2.24) is 19.7 Å². The number of halogens is 2. The Bertz CT molecular complexity index is 1040. The van der Waals surface area contributed by atoms with Gasteiger partial charge in [-0.15, -0.1) is 10.2 Å². The van der Waals surface area contributed by atoms with E-state index >= 15 is 0 Å². The Morgan fingerprint density at radius 3 is 2.76 bits per heavy atom. The molecule has 0 fully saturated rings. The first kappa shape index (κ1) is 21.6. The molecule has 0 aliphatic heterocycles. The Labute approximate surface area is 184 Å². The Balaban J connectivity index is 1.73. The van der Waals surface area contributed by atoms with Crippen molar-refractivity contribution < 1.29 is 4.79 Å². The molecule has 3 rings (SSSR count). The second-order valence-electron chi connectivity index (χ2n) is 6.56. The summed E-state index contributed by atoms with van der Waals surface area (Å²) >= 11 is 13.5. The molecule has 0 unspecified atom stereocenters. The molecule has 1 aromatic carbocycles. The van der Waals surface area contributed by atoms with Gasteiger partial charge in [-0.25, -0.2) is 4.98 Å². The fraction of sp³-hybridized carbons (Fsp3) is 0.300. The summed E-state index contributed by atoms with van der Waals surface area (Å²) < 4.78 is 2.05. The van der Waals surface area contributed by atoms with Gasteiger partial charge in [0.2, 0.25) is 5.91 Å². The molecule has 9 heteroatoms. The number of nitrogens with zero attached hydrogens (tertiary/aromatic N) is 4. The molecule has 0 atom stereocenters. The largest absolute Gasteiger partial charge is 0.309 e. The van der Waals surface area contributed by atoms with Gasteiger partial charge < -0.3 is 9.88 Å². The van der Waals surface area contributed by atoms with E-state index in [-0.39, 0.29) is 11.7 Å². The molecule has 152 valence electrons. The van der Waals surface area contributed by atoms with Crippen molar-refractivity contribution >= 4 is 46.7 Å². The number of carbonyl (C=O) groups is 1. The summed E-state index contributed by atoms with van der Waals surface area (Å²) in [6.45, 7) is 6.68. The van der Waals surface area contributed by atoms with Gasteiger partial charge in [0.05, 0.1) is 15.8 Å². The number of amides is 1. The zero-order valence-electron chi connectivity index (χ0n) is 16.4. The van der Waals surface area contributed by atoms with Gasteiger partial charge in [0.15, 0.2) is 16.8 Å². The number of aromatic nitrogens is 4. The first-order valence-electron chi connectivity index (χ1n) is 9.14. The zero-order valence-corrected chi connectivity index (χ0v) is 18.7. The predicted molar refractivity (Wildman–Crippen MR) is 119 cm³/mol. The molecule has 0 spiro atoms. The highest BCUT2D eigenvalue weighted by Crippen LogP contribution is 2.29. The van der Waals surface area contributed by atoms with Crippen molar-refractivity contribution in [3.8, 4) is 11.4 Å². The van der Waals surface area contributed by atoms with Crippen molar-refractivity contribution in [2.45, 2.75) is 38.9 Å². The summed E-state index contributed by atoms with van der Waals surface area (Å²) in [5.41, 5.74) is 2.84. The fourth-order valence-electron chi connectivity index (χ4n) is 2.76. The minimum absolute atomic E-state index is 0.162. The average Bonchev–Trinajstić information content (AvgIpc) is 3.10. The Hall–Kier alpha value is -2.09. The SMILES string of the molecule is CCCn1c(SCC(=O)Nc2ncc(Cl)c(C)c2Cl)nnc1-c1cccc(C)c1. The molecule has 0 saturated heterocycles. The van der Waals surface area contributed by atoms with E-state index in [9.17, 15) is 4.79 Å². The Morgan fingerprint density at radius 2 is 2.03 bits per heavy atom. The Kier molecular flexibility index (Phi) is 7.16. The van der Waals surface area contributed by atoms with Gasteiger partial charge in [-0.2, -0.15) is 0 Å². The number of hydrogen-bond donors (Lipinski definition) is 1. The van der Waals surface area contributed by atoms with Gasteiger partial charge in [-0.05, 0) is 31.9 Å². The molecule has 3 aromatic rings. The molecule has 2 heterocycles. The van der Waals surface area contributed by atoms with E-state index in [1.165, 1.54) is 18.0 Å². The third-order valence-corrected chi connectivity index (χ3v) is 6.04. The van der Waals surface area contributed by atoms with Gasteiger partial charge in [-0.1, -0.05) is 65.7 Å². The summed E-state index contributed by atoms with van der Waals surface area (Å²) in [6.07, 6.45) is 2.40. The molecule has 0 radical (unpaired) electrons. The highest BCUT2D eigenvalue weighted by atomic mass is 35.5. The van der Waals surface area contributed by atoms with Crippen LogP contribution in [0.4, 0.5) is 5.82 Å². The van der Waals surface area contributed by atoms with Crippen LogP contribution < -0.4 is 5.32 Å². The molecule has 29 heavy (non-hydrogen) atoms. The maximum Gasteiger partial charge on any atom is 0.236 e. The number of aryl methyl sites for hydroxylation is 1. The minimum atomic E-state index is -0.228. The van der Waals surface area contributed by atoms with Crippen molar-refractivity contribution in [3.63, 3.8) is 0 Å². The number of rotatable bonds is 7. The van der Waals surface area contributed by atoms with Crippen molar-refractivity contribution in [2.75, 3.05) is 11.1 Å². The first-order chi connectivity index (χ1) is 13.9. The number of benzene rings is 1. The topological polar surface area (TPSA) is 72.7 Å². The van der Waals surface area contributed by atoms with Gasteiger partial charge in [0.25, 0.3) is 0 Å². The third kappa shape index (κ3) is 5.10. The highest BCUT2D eigenvalue weighted by Gasteiger charge is 2.17. The smallest absolute Gasteiger partial charge is 0.236 e. The van der Waals surface area contributed by atoms with Crippen LogP contribution >= 0.6 is 35.0 Å². The number of thioether (sulfide) groups is 1. The number of nitrogens with one attached hydrogen (secondary N) is 1. The molecule has 0 aliphatic carbocycles. The molecule has 2 aromatic heterocycles. The molecule has 0 aliphatic rings. The molecule has 1 amide bonds. The van der Waals surface area contributed by atoms with E-state index in [1.807, 2.05) is 29.7 Å². The van der Waals surface area contributed by atoms with Crippen molar-refractivity contribution in [3.05, 3.63) is 51.6 Å². The van der Waals surface area contributed by atoms with Crippen LogP contribution in [0.5, 0.6) is 0 Å². The lowest BCUT2D eigenvalue weighted by atomic mass is 10.1. The quantitative estimate of drug-likeness (QED) is 0.488. The van der Waals surface area contributed by atoms with Crippen LogP contribution in [0.1, 0.15) is 24.5 Å². The summed E-state index contributed by atoms with van der Waals surface area (Å²) in [5, 5.41) is 12.9. The maximum atomic E-state index is 12.4. The number of pyridine rings is 1. The van der Waals surface area contributed by atoms with E-state index in [4.69, 9.17) is 23.2 Å². The normalized spacial score (nSPS) is 10.9. The zero-order chi connectivity index (χ0) is 21.0. The van der Waals surface area contributed by atoms with Crippen LogP contribution in [-0.4, -0.2) is 31.4 Å². The molecule has 0 saturated carbocycles. The van der Waals surface area contributed by atoms with Gasteiger partial charge in [-0.3, -0.25) is 4.79 Å². The molecular formula is C20H21Cl2N5OS. The van der Waals surface area contributed by atoms with Gasteiger partial charge >= 0.3 is 0 Å². The van der Waals surface area contributed by atoms with Gasteiger partial charge in [0.1, 0.15) is 0 Å². The van der Waals surface area contributed by atoms with Crippen LogP contribution in [0.25, 0.3) is 11.4 Å². The summed E-state index contributed by atoms with van der Waals surface area (Å²) in [4.78, 5) is 16.5. The van der Waals surface area contributed by atoms with E-state index in [0.29, 0.717) is 26.6 Å². The lowest BCUT2D eigenvalue weighted by molar-refractivity contribution is -0.113. The predicted octanol–water partition coefficient (Wildman–Crippen LogP) is 5.40. The average molecular weight is 450 g/mol. The second kappa shape index (κ2) is 9.61. The fourth-order valence-corrected chi connectivity index (χ4v) is 3.91.